The van der Waals surface area contributed by atoms with Gasteiger partial charge in [0.05, 0.1) is 14.2 Å². The molecule has 106 valence electrons. The van der Waals surface area contributed by atoms with Gasteiger partial charge >= 0.3 is 0 Å². The summed E-state index contributed by atoms with van der Waals surface area (Å²) in [7, 11) is 3.40. The van der Waals surface area contributed by atoms with Crippen molar-refractivity contribution in [2.75, 3.05) is 14.2 Å². The van der Waals surface area contributed by atoms with Crippen molar-refractivity contribution in [3.63, 3.8) is 0 Å². The van der Waals surface area contributed by atoms with Crippen LogP contribution in [0.1, 0.15) is 50.3 Å². The van der Waals surface area contributed by atoms with Crippen molar-refractivity contribution in [3.8, 4) is 11.5 Å². The van der Waals surface area contributed by atoms with Gasteiger partial charge in [-0.15, -0.1) is 0 Å². The summed E-state index contributed by atoms with van der Waals surface area (Å²) in [6, 6.07) is 5.22. The monoisotopic (exact) mass is 263 g/mol. The number of fused-ring (bicyclic) bond motifs is 1. The number of ether oxygens (including phenoxy) is 2. The molecule has 0 bridgehead atoms. The molecule has 1 aliphatic carbocycles. The number of hydrogen-bond acceptors (Lipinski definition) is 3. The zero-order valence-electron chi connectivity index (χ0n) is 12.5. The van der Waals surface area contributed by atoms with Gasteiger partial charge in [-0.25, -0.2) is 0 Å². The Balaban J connectivity index is 2.40. The predicted octanol–water partition coefficient (Wildman–Crippen LogP) is 3.47. The van der Waals surface area contributed by atoms with Crippen molar-refractivity contribution in [1.29, 1.82) is 0 Å². The van der Waals surface area contributed by atoms with Gasteiger partial charge in [-0.1, -0.05) is 20.3 Å². The van der Waals surface area contributed by atoms with E-state index >= 15 is 0 Å². The average molecular weight is 263 g/mol. The van der Waals surface area contributed by atoms with Crippen LogP contribution in [-0.4, -0.2) is 20.3 Å². The van der Waals surface area contributed by atoms with Gasteiger partial charge in [0, 0.05) is 12.1 Å². The summed E-state index contributed by atoms with van der Waals surface area (Å²) in [4.78, 5) is 0. The first kappa shape index (κ1) is 14.2. The van der Waals surface area contributed by atoms with Crippen LogP contribution in [0.2, 0.25) is 0 Å². The van der Waals surface area contributed by atoms with E-state index in [1.807, 2.05) is 0 Å². The fourth-order valence-corrected chi connectivity index (χ4v) is 2.87. The van der Waals surface area contributed by atoms with Crippen LogP contribution in [0.25, 0.3) is 0 Å². The molecule has 0 fully saturated rings. The highest BCUT2D eigenvalue weighted by Gasteiger charge is 2.21. The fraction of sp³-hybridized carbons (Fsp3) is 0.625. The van der Waals surface area contributed by atoms with E-state index < -0.39 is 0 Å². The van der Waals surface area contributed by atoms with Crippen molar-refractivity contribution >= 4 is 0 Å². The van der Waals surface area contributed by atoms with E-state index in [9.17, 15) is 0 Å². The maximum absolute atomic E-state index is 5.44. The highest BCUT2D eigenvalue weighted by molar-refractivity contribution is 5.49. The topological polar surface area (TPSA) is 30.5 Å². The third-order valence-electron chi connectivity index (χ3n) is 3.74. The normalized spacial score (nSPS) is 18.9. The number of nitrogens with one attached hydrogen (secondary N) is 1. The van der Waals surface area contributed by atoms with Gasteiger partial charge in [-0.3, -0.25) is 0 Å². The minimum absolute atomic E-state index is 0.428. The Kier molecular flexibility index (Phi) is 4.70. The highest BCUT2D eigenvalue weighted by Crippen LogP contribution is 2.37. The lowest BCUT2D eigenvalue weighted by Crippen LogP contribution is -2.28. The van der Waals surface area contributed by atoms with E-state index in [4.69, 9.17) is 9.47 Å². The maximum Gasteiger partial charge on any atom is 0.161 e. The van der Waals surface area contributed by atoms with Crippen LogP contribution in [-0.2, 0) is 6.42 Å². The lowest BCUT2D eigenvalue weighted by atomic mass is 9.97. The molecule has 1 atom stereocenters. The highest BCUT2D eigenvalue weighted by atomic mass is 16.5. The molecule has 1 aromatic carbocycles. The Morgan fingerprint density at radius 3 is 2.42 bits per heavy atom. The Bertz CT molecular complexity index is 429. The molecule has 0 aromatic heterocycles. The summed E-state index contributed by atoms with van der Waals surface area (Å²) in [5.74, 6) is 1.67. The second-order valence-electron chi connectivity index (χ2n) is 5.53. The molecular formula is C16H25NO2. The molecule has 0 aliphatic heterocycles. The lowest BCUT2D eigenvalue weighted by molar-refractivity contribution is 0.353. The van der Waals surface area contributed by atoms with Gasteiger partial charge < -0.3 is 14.8 Å². The molecule has 0 amide bonds. The molecule has 1 unspecified atom stereocenters. The van der Waals surface area contributed by atoms with Crippen LogP contribution >= 0.6 is 0 Å². The molecule has 3 nitrogen and oxygen atoms in total. The van der Waals surface area contributed by atoms with Crippen LogP contribution in [0, 0.1) is 0 Å². The third kappa shape index (κ3) is 3.21. The zero-order valence-corrected chi connectivity index (χ0v) is 12.5. The number of rotatable bonds is 4. The molecular weight excluding hydrogens is 238 g/mol. The van der Waals surface area contributed by atoms with E-state index in [2.05, 4.69) is 31.3 Å². The molecule has 1 aromatic rings. The molecule has 0 saturated heterocycles. The molecule has 0 saturated carbocycles. The summed E-state index contributed by atoms with van der Waals surface area (Å²) in [5.41, 5.74) is 2.78. The van der Waals surface area contributed by atoms with Gasteiger partial charge in [0.15, 0.2) is 11.5 Å². The number of aryl methyl sites for hydroxylation is 1. The molecule has 0 heterocycles. The smallest absolute Gasteiger partial charge is 0.161 e. The molecule has 3 heteroatoms. The minimum atomic E-state index is 0.428. The van der Waals surface area contributed by atoms with Gasteiger partial charge in [0.25, 0.3) is 0 Å². The van der Waals surface area contributed by atoms with Crippen molar-refractivity contribution in [2.24, 2.45) is 0 Å². The van der Waals surface area contributed by atoms with Crippen molar-refractivity contribution in [2.45, 2.75) is 51.6 Å². The summed E-state index contributed by atoms with van der Waals surface area (Å²) in [6.07, 6.45) is 4.84. The molecule has 0 spiro atoms. The van der Waals surface area contributed by atoms with Crippen molar-refractivity contribution in [1.82, 2.24) is 5.32 Å². The molecule has 0 radical (unpaired) electrons. The van der Waals surface area contributed by atoms with E-state index in [0.717, 1.165) is 17.9 Å². The Hall–Kier alpha value is -1.22. The quantitative estimate of drug-likeness (QED) is 0.844. The van der Waals surface area contributed by atoms with Crippen molar-refractivity contribution in [3.05, 3.63) is 23.3 Å². The van der Waals surface area contributed by atoms with E-state index in [0.29, 0.717) is 12.1 Å². The molecule has 1 aliphatic rings. The second-order valence-corrected chi connectivity index (χ2v) is 5.53. The van der Waals surface area contributed by atoms with Crippen LogP contribution < -0.4 is 14.8 Å². The summed E-state index contributed by atoms with van der Waals surface area (Å²) in [6.45, 7) is 4.40. The first-order chi connectivity index (χ1) is 9.15. The lowest BCUT2D eigenvalue weighted by Gasteiger charge is -2.23. The SMILES string of the molecule is COc1cc2c(cc1OC)C(NC(C)C)CCCC2. The predicted molar refractivity (Wildman–Crippen MR) is 78.1 cm³/mol. The number of methoxy groups -OCH3 is 2. The Morgan fingerprint density at radius 2 is 1.79 bits per heavy atom. The molecule has 19 heavy (non-hydrogen) atoms. The van der Waals surface area contributed by atoms with E-state index in [-0.39, 0.29) is 0 Å². The van der Waals surface area contributed by atoms with Crippen LogP contribution in [0.15, 0.2) is 12.1 Å². The van der Waals surface area contributed by atoms with Gasteiger partial charge in [-0.05, 0) is 42.5 Å². The summed E-state index contributed by atoms with van der Waals surface area (Å²) < 4.78 is 10.9. The summed E-state index contributed by atoms with van der Waals surface area (Å²) in [5, 5.41) is 3.67. The Morgan fingerprint density at radius 1 is 1.11 bits per heavy atom. The number of hydrogen-bond donors (Lipinski definition) is 1. The van der Waals surface area contributed by atoms with Crippen LogP contribution in [0.3, 0.4) is 0 Å². The van der Waals surface area contributed by atoms with Gasteiger partial charge in [0.2, 0.25) is 0 Å². The maximum atomic E-state index is 5.44. The third-order valence-corrected chi connectivity index (χ3v) is 3.74. The minimum Gasteiger partial charge on any atom is -0.493 e. The van der Waals surface area contributed by atoms with Crippen molar-refractivity contribution < 1.29 is 9.47 Å². The summed E-state index contributed by atoms with van der Waals surface area (Å²) >= 11 is 0. The zero-order chi connectivity index (χ0) is 13.8. The first-order valence-electron chi connectivity index (χ1n) is 7.16. The molecule has 1 N–H and O–H groups in total. The molecule has 2 rings (SSSR count). The number of benzene rings is 1. The van der Waals surface area contributed by atoms with Crippen LogP contribution in [0.5, 0.6) is 11.5 Å². The standard InChI is InChI=1S/C16H25NO2/c1-11(2)17-14-8-6-5-7-12-9-15(18-3)16(19-4)10-13(12)14/h9-11,14,17H,5-8H2,1-4H3. The van der Waals surface area contributed by atoms with Gasteiger partial charge in [0.1, 0.15) is 0 Å². The van der Waals surface area contributed by atoms with Gasteiger partial charge in [-0.2, -0.15) is 0 Å². The largest absolute Gasteiger partial charge is 0.493 e. The second kappa shape index (κ2) is 6.29. The first-order valence-corrected chi connectivity index (χ1v) is 7.16. The van der Waals surface area contributed by atoms with E-state index in [1.165, 1.54) is 30.4 Å². The van der Waals surface area contributed by atoms with E-state index in [1.54, 1.807) is 14.2 Å². The average Bonchev–Trinajstić information content (AvgIpc) is 2.59. The fourth-order valence-electron chi connectivity index (χ4n) is 2.87. The Labute approximate surface area is 116 Å². The van der Waals surface area contributed by atoms with Crippen LogP contribution in [0.4, 0.5) is 0 Å².